The normalized spacial score (nSPS) is 16.0. The van der Waals surface area contributed by atoms with Gasteiger partial charge in [0.15, 0.2) is 0 Å². The van der Waals surface area contributed by atoms with Gasteiger partial charge in [0.05, 0.1) is 13.3 Å². The van der Waals surface area contributed by atoms with Crippen molar-refractivity contribution in [1.29, 1.82) is 0 Å². The van der Waals surface area contributed by atoms with Gasteiger partial charge in [-0.25, -0.2) is 13.8 Å². The fourth-order valence-electron chi connectivity index (χ4n) is 3.47. The molecule has 184 valence electrons. The molecule has 2 unspecified atom stereocenters. The summed E-state index contributed by atoms with van der Waals surface area (Å²) < 4.78 is 32.3. The topological polar surface area (TPSA) is 24.8 Å². The number of ether oxygens (including phenoxy) is 1. The van der Waals surface area contributed by atoms with Crippen LogP contribution in [0.2, 0.25) is 0 Å². The zero-order valence-corrected chi connectivity index (χ0v) is 22.0. The van der Waals surface area contributed by atoms with Gasteiger partial charge in [0.25, 0.3) is 5.92 Å². The molecule has 33 heavy (non-hydrogen) atoms. The van der Waals surface area contributed by atoms with E-state index < -0.39 is 5.92 Å². The minimum atomic E-state index is -2.80. The number of methoxy groups -OCH3 is 1. The molecule has 0 aliphatic carbocycles. The maximum Gasteiger partial charge on any atom is 0.268 e. The molecule has 0 bridgehead atoms. The van der Waals surface area contributed by atoms with E-state index in [2.05, 4.69) is 50.0 Å². The summed E-state index contributed by atoms with van der Waals surface area (Å²) in [5.41, 5.74) is 3.50. The molecule has 0 radical (unpaired) electrons. The number of hydrogen-bond acceptors (Lipinski definition) is 3. The molecule has 1 aromatic rings. The maximum absolute atomic E-state index is 13.4. The fraction of sp³-hybridized carbons (Fsp3) is 0.519. The molecule has 1 aromatic carbocycles. The Morgan fingerprint density at radius 1 is 1.21 bits per heavy atom. The second-order valence-electron chi connectivity index (χ2n) is 8.87. The molecule has 0 amide bonds. The van der Waals surface area contributed by atoms with E-state index in [0.717, 1.165) is 36.7 Å². The van der Waals surface area contributed by atoms with Crippen LogP contribution >= 0.6 is 11.6 Å². The van der Waals surface area contributed by atoms with E-state index in [0.29, 0.717) is 23.5 Å². The third-order valence-corrected chi connectivity index (χ3v) is 6.10. The summed E-state index contributed by atoms with van der Waals surface area (Å²) in [6.45, 7) is 11.5. The molecule has 3 nitrogen and oxygen atoms in total. The lowest BCUT2D eigenvalue weighted by Gasteiger charge is -2.22. The van der Waals surface area contributed by atoms with Crippen molar-refractivity contribution in [3.63, 3.8) is 0 Å². The summed E-state index contributed by atoms with van der Waals surface area (Å²) >= 11 is 6.06. The Morgan fingerprint density at radius 2 is 1.82 bits per heavy atom. The first-order chi connectivity index (χ1) is 15.4. The molecular weight excluding hydrogens is 442 g/mol. The van der Waals surface area contributed by atoms with Gasteiger partial charge in [-0.2, -0.15) is 0 Å². The van der Waals surface area contributed by atoms with Crippen LogP contribution in [0.25, 0.3) is 0 Å². The van der Waals surface area contributed by atoms with Gasteiger partial charge in [-0.1, -0.05) is 56.6 Å². The number of nitrogens with zero attached hydrogens (tertiary/aromatic N) is 2. The second kappa shape index (κ2) is 13.5. The van der Waals surface area contributed by atoms with E-state index in [1.807, 2.05) is 20.0 Å². The van der Waals surface area contributed by atoms with Gasteiger partial charge >= 0.3 is 0 Å². The Hall–Kier alpha value is -2.14. The summed E-state index contributed by atoms with van der Waals surface area (Å²) in [4.78, 5) is 6.04. The van der Waals surface area contributed by atoms with Gasteiger partial charge in [0.1, 0.15) is 10.9 Å². The third-order valence-electron chi connectivity index (χ3n) is 5.84. The molecule has 0 saturated heterocycles. The van der Waals surface area contributed by atoms with Crippen LogP contribution in [0, 0.1) is 5.92 Å². The van der Waals surface area contributed by atoms with Gasteiger partial charge in [-0.05, 0) is 61.3 Å². The Morgan fingerprint density at radius 3 is 2.33 bits per heavy atom. The standard InChI is InChI=1S/C27H39ClF2N2O/c1-9-10-26(28)31-16-25(33-8)20(3)15-19(2)22(5)24-13-11-23(12-14-24)18-32(7)17-21(4)27(6,29)30/h10-14,16-17,19,22H,9,15,18H2,1-8H3/b21-17+,25-20-,26-10-,31-16-. The number of hydrogen-bond donors (Lipinski definition) is 0. The molecule has 0 fully saturated rings. The lowest BCUT2D eigenvalue weighted by molar-refractivity contribution is 0.0615. The highest BCUT2D eigenvalue weighted by Crippen LogP contribution is 2.30. The van der Waals surface area contributed by atoms with Crippen molar-refractivity contribution >= 4 is 17.8 Å². The Kier molecular flexibility index (Phi) is 11.9. The van der Waals surface area contributed by atoms with E-state index in [1.165, 1.54) is 18.7 Å². The smallest absolute Gasteiger partial charge is 0.268 e. The number of rotatable bonds is 12. The molecule has 0 spiro atoms. The van der Waals surface area contributed by atoms with Gasteiger partial charge in [0.2, 0.25) is 0 Å². The molecule has 0 aliphatic rings. The molecule has 1 rings (SSSR count). The molecule has 0 N–H and O–H groups in total. The Balaban J connectivity index is 2.83. The third kappa shape index (κ3) is 10.1. The largest absolute Gasteiger partial charge is 0.495 e. The van der Waals surface area contributed by atoms with Crippen LogP contribution in [-0.2, 0) is 11.3 Å². The van der Waals surface area contributed by atoms with Crippen LogP contribution in [0.3, 0.4) is 0 Å². The number of allylic oxidation sites excluding steroid dienone is 4. The fourth-order valence-corrected chi connectivity index (χ4v) is 3.67. The summed E-state index contributed by atoms with van der Waals surface area (Å²) in [5, 5.41) is 0.459. The lowest BCUT2D eigenvalue weighted by Crippen LogP contribution is -2.17. The average molecular weight is 481 g/mol. The maximum atomic E-state index is 13.4. The SMILES string of the molecule is CC\C=C(Cl)/N=C\C(OC)=C(/C)CC(C)C(C)c1ccc(CN(C)/C=C(\C)C(C)(F)F)cc1. The molecule has 6 heteroatoms. The zero-order valence-electron chi connectivity index (χ0n) is 21.3. The molecule has 0 aliphatic heterocycles. The molecule has 0 saturated carbocycles. The van der Waals surface area contributed by atoms with E-state index in [9.17, 15) is 8.78 Å². The summed E-state index contributed by atoms with van der Waals surface area (Å²) in [6, 6.07) is 8.39. The van der Waals surface area contributed by atoms with Crippen molar-refractivity contribution in [3.8, 4) is 0 Å². The van der Waals surface area contributed by atoms with Gasteiger partial charge in [-0.15, -0.1) is 0 Å². The highest BCUT2D eigenvalue weighted by Gasteiger charge is 2.24. The number of benzene rings is 1. The van der Waals surface area contributed by atoms with Crippen molar-refractivity contribution in [1.82, 2.24) is 4.90 Å². The lowest BCUT2D eigenvalue weighted by atomic mass is 9.84. The predicted octanol–water partition coefficient (Wildman–Crippen LogP) is 8.29. The quantitative estimate of drug-likeness (QED) is 0.171. The monoisotopic (exact) mass is 480 g/mol. The predicted molar refractivity (Wildman–Crippen MR) is 137 cm³/mol. The summed E-state index contributed by atoms with van der Waals surface area (Å²) in [7, 11) is 3.45. The van der Waals surface area contributed by atoms with Crippen molar-refractivity contribution in [2.45, 2.75) is 72.8 Å². The van der Waals surface area contributed by atoms with E-state index >= 15 is 0 Å². The number of halogens is 3. The van der Waals surface area contributed by atoms with Crippen LogP contribution in [0.4, 0.5) is 8.78 Å². The minimum absolute atomic E-state index is 0.0524. The highest BCUT2D eigenvalue weighted by molar-refractivity contribution is 6.29. The first-order valence-corrected chi connectivity index (χ1v) is 11.8. The van der Waals surface area contributed by atoms with Gasteiger partial charge in [0, 0.05) is 32.3 Å². The van der Waals surface area contributed by atoms with Crippen molar-refractivity contribution in [2.24, 2.45) is 10.9 Å². The van der Waals surface area contributed by atoms with Crippen LogP contribution in [-0.4, -0.2) is 31.2 Å². The number of alkyl halides is 2. The van der Waals surface area contributed by atoms with E-state index in [4.69, 9.17) is 16.3 Å². The minimum Gasteiger partial charge on any atom is -0.495 e. The first-order valence-electron chi connectivity index (χ1n) is 11.4. The summed E-state index contributed by atoms with van der Waals surface area (Å²) in [5.74, 6) is -1.35. The molecule has 0 aromatic heterocycles. The van der Waals surface area contributed by atoms with Crippen LogP contribution in [0.5, 0.6) is 0 Å². The van der Waals surface area contributed by atoms with Crippen LogP contribution in [0.15, 0.2) is 63.6 Å². The van der Waals surface area contributed by atoms with Crippen LogP contribution < -0.4 is 0 Å². The number of aliphatic imine (C=N–C) groups is 1. The first kappa shape index (κ1) is 28.9. The van der Waals surface area contributed by atoms with Gasteiger partial charge in [-0.3, -0.25) is 0 Å². The van der Waals surface area contributed by atoms with Gasteiger partial charge < -0.3 is 9.64 Å². The Bertz CT molecular complexity index is 867. The second-order valence-corrected chi connectivity index (χ2v) is 9.26. The van der Waals surface area contributed by atoms with Crippen molar-refractivity contribution < 1.29 is 13.5 Å². The van der Waals surface area contributed by atoms with Crippen molar-refractivity contribution in [3.05, 3.63) is 69.7 Å². The molecule has 0 heterocycles. The van der Waals surface area contributed by atoms with E-state index in [-0.39, 0.29) is 5.57 Å². The van der Waals surface area contributed by atoms with E-state index in [1.54, 1.807) is 18.2 Å². The summed E-state index contributed by atoms with van der Waals surface area (Å²) in [6.07, 6.45) is 6.73. The molecular formula is C27H39ClF2N2O. The van der Waals surface area contributed by atoms with Crippen molar-refractivity contribution in [2.75, 3.05) is 14.2 Å². The molecule has 2 atom stereocenters. The van der Waals surface area contributed by atoms with Crippen LogP contribution in [0.1, 0.15) is 71.4 Å². The highest BCUT2D eigenvalue weighted by atomic mass is 35.5. The average Bonchev–Trinajstić information content (AvgIpc) is 2.73. The zero-order chi connectivity index (χ0) is 25.2. The Labute approximate surface area is 203 Å².